The first-order chi connectivity index (χ1) is 6.61. The Morgan fingerprint density at radius 1 is 1.50 bits per heavy atom. The van der Waals surface area contributed by atoms with Crippen LogP contribution in [0.4, 0.5) is 0 Å². The molecule has 0 aliphatic heterocycles. The molecule has 5 nitrogen and oxygen atoms in total. The van der Waals surface area contributed by atoms with Crippen LogP contribution in [0.25, 0.3) is 0 Å². The van der Waals surface area contributed by atoms with Gasteiger partial charge < -0.3 is 9.72 Å². The minimum atomic E-state index is -0.550. The number of carbonyl (C=O) groups is 2. The number of ketones is 1. The van der Waals surface area contributed by atoms with Crippen molar-refractivity contribution in [3.63, 3.8) is 0 Å². The minimum Gasteiger partial charge on any atom is -0.457 e. The van der Waals surface area contributed by atoms with E-state index in [9.17, 15) is 14.4 Å². The van der Waals surface area contributed by atoms with Crippen LogP contribution in [-0.4, -0.2) is 23.3 Å². The van der Waals surface area contributed by atoms with Crippen LogP contribution in [0, 0.1) is 0 Å². The molecule has 1 aromatic rings. The van der Waals surface area contributed by atoms with Crippen LogP contribution >= 0.6 is 0 Å². The molecule has 0 amide bonds. The van der Waals surface area contributed by atoms with Crippen molar-refractivity contribution in [1.82, 2.24) is 4.98 Å². The summed E-state index contributed by atoms with van der Waals surface area (Å²) in [4.78, 5) is 35.1. The molecule has 5 heteroatoms. The maximum absolute atomic E-state index is 11.3. The summed E-state index contributed by atoms with van der Waals surface area (Å²) >= 11 is 0. The number of carbonyl (C=O) groups excluding carboxylic acids is 2. The summed E-state index contributed by atoms with van der Waals surface area (Å²) in [6.07, 6.45) is 1.42. The molecule has 0 atom stereocenters. The molecule has 14 heavy (non-hydrogen) atoms. The summed E-state index contributed by atoms with van der Waals surface area (Å²) in [5.74, 6) is -1.06. The van der Waals surface area contributed by atoms with Crippen LogP contribution in [0.3, 0.4) is 0 Å². The molecule has 74 valence electrons. The molecule has 0 spiro atoms. The van der Waals surface area contributed by atoms with Gasteiger partial charge in [-0.2, -0.15) is 0 Å². The van der Waals surface area contributed by atoms with Gasteiger partial charge in [0.1, 0.15) is 0 Å². The van der Waals surface area contributed by atoms with Crippen LogP contribution in [0.5, 0.6) is 0 Å². The fraction of sp³-hybridized carbons (Fsp3) is 0.222. The predicted octanol–water partition coefficient (Wildman–Crippen LogP) is 0.121. The number of ether oxygens (including phenoxy) is 1. The minimum absolute atomic E-state index is 0.00579. The predicted molar refractivity (Wildman–Crippen MR) is 48.0 cm³/mol. The number of rotatable bonds is 3. The van der Waals surface area contributed by atoms with Crippen molar-refractivity contribution in [2.45, 2.75) is 6.92 Å². The van der Waals surface area contributed by atoms with Gasteiger partial charge >= 0.3 is 5.97 Å². The first-order valence-electron chi connectivity index (χ1n) is 3.95. The first-order valence-corrected chi connectivity index (χ1v) is 3.95. The van der Waals surface area contributed by atoms with Crippen molar-refractivity contribution in [3.05, 3.63) is 34.2 Å². The van der Waals surface area contributed by atoms with Gasteiger partial charge in [0.05, 0.1) is 5.56 Å². The average Bonchev–Trinajstić information content (AvgIpc) is 2.15. The van der Waals surface area contributed by atoms with Crippen molar-refractivity contribution in [2.75, 3.05) is 6.61 Å². The zero-order valence-corrected chi connectivity index (χ0v) is 7.57. The van der Waals surface area contributed by atoms with E-state index in [0.717, 1.165) is 0 Å². The highest BCUT2D eigenvalue weighted by atomic mass is 16.5. The van der Waals surface area contributed by atoms with Crippen molar-refractivity contribution >= 4 is 11.8 Å². The summed E-state index contributed by atoms with van der Waals surface area (Å²) in [6, 6.07) is 2.91. The zero-order chi connectivity index (χ0) is 10.6. The van der Waals surface area contributed by atoms with Gasteiger partial charge in [0.2, 0.25) is 5.78 Å². The SMILES string of the molecule is CC(=O)OCC(=O)c1ccc[nH]c1=O. The third kappa shape index (κ3) is 2.55. The second kappa shape index (κ2) is 4.36. The Morgan fingerprint density at radius 3 is 2.79 bits per heavy atom. The van der Waals surface area contributed by atoms with Gasteiger partial charge in [-0.05, 0) is 12.1 Å². The molecule has 0 unspecified atom stereocenters. The van der Waals surface area contributed by atoms with E-state index >= 15 is 0 Å². The van der Waals surface area contributed by atoms with E-state index in [1.807, 2.05) is 0 Å². The van der Waals surface area contributed by atoms with Crippen molar-refractivity contribution in [2.24, 2.45) is 0 Å². The average molecular weight is 195 g/mol. The lowest BCUT2D eigenvalue weighted by atomic mass is 10.2. The smallest absolute Gasteiger partial charge is 0.303 e. The van der Waals surface area contributed by atoms with Crippen molar-refractivity contribution < 1.29 is 14.3 Å². The molecular formula is C9H9NO4. The quantitative estimate of drug-likeness (QED) is 0.549. The van der Waals surface area contributed by atoms with Gasteiger partial charge in [-0.15, -0.1) is 0 Å². The highest BCUT2D eigenvalue weighted by Gasteiger charge is 2.10. The molecule has 0 aliphatic rings. The number of nitrogens with one attached hydrogen (secondary N) is 1. The molecule has 0 aliphatic carbocycles. The van der Waals surface area contributed by atoms with Gasteiger partial charge in [0.25, 0.3) is 5.56 Å². The number of hydrogen-bond acceptors (Lipinski definition) is 4. The second-order valence-electron chi connectivity index (χ2n) is 2.62. The Labute approximate surface area is 79.7 Å². The number of Topliss-reactive ketones (excluding diaryl/α,β-unsaturated/α-hetero) is 1. The van der Waals surface area contributed by atoms with E-state index in [1.54, 1.807) is 0 Å². The molecule has 0 aromatic carbocycles. The summed E-state index contributed by atoms with van der Waals surface area (Å²) < 4.78 is 4.47. The fourth-order valence-electron chi connectivity index (χ4n) is 0.886. The Balaban J connectivity index is 2.75. The maximum Gasteiger partial charge on any atom is 0.303 e. The number of H-pyrrole nitrogens is 1. The molecule has 0 bridgehead atoms. The topological polar surface area (TPSA) is 76.2 Å². The summed E-state index contributed by atoms with van der Waals surface area (Å²) in [6.45, 7) is 0.797. The van der Waals surface area contributed by atoms with Gasteiger partial charge in [-0.3, -0.25) is 14.4 Å². The van der Waals surface area contributed by atoms with E-state index in [2.05, 4.69) is 9.72 Å². The molecular weight excluding hydrogens is 186 g/mol. The molecule has 0 saturated heterocycles. The van der Waals surface area contributed by atoms with Gasteiger partial charge in [0, 0.05) is 13.1 Å². The molecule has 0 radical (unpaired) electrons. The third-order valence-electron chi connectivity index (χ3n) is 1.53. The Morgan fingerprint density at radius 2 is 2.21 bits per heavy atom. The van der Waals surface area contributed by atoms with Crippen LogP contribution in [0.1, 0.15) is 17.3 Å². The number of aromatic nitrogens is 1. The van der Waals surface area contributed by atoms with E-state index in [4.69, 9.17) is 0 Å². The third-order valence-corrected chi connectivity index (χ3v) is 1.53. The normalized spacial score (nSPS) is 9.50. The standard InChI is InChI=1S/C9H9NO4/c1-6(11)14-5-8(12)7-3-2-4-10-9(7)13/h2-4H,5H2,1H3,(H,10,13). The Hall–Kier alpha value is -1.91. The van der Waals surface area contributed by atoms with Crippen LogP contribution in [-0.2, 0) is 9.53 Å². The Bertz CT molecular complexity index is 407. The highest BCUT2D eigenvalue weighted by molar-refractivity contribution is 5.97. The lowest BCUT2D eigenvalue weighted by Crippen LogP contribution is -2.21. The fourth-order valence-corrected chi connectivity index (χ4v) is 0.886. The van der Waals surface area contributed by atoms with E-state index in [1.165, 1.54) is 25.3 Å². The molecule has 1 rings (SSSR count). The van der Waals surface area contributed by atoms with Gasteiger partial charge in [-0.25, -0.2) is 0 Å². The molecule has 0 fully saturated rings. The number of pyridine rings is 1. The Kier molecular flexibility index (Phi) is 3.17. The largest absolute Gasteiger partial charge is 0.457 e. The van der Waals surface area contributed by atoms with Gasteiger partial charge in [-0.1, -0.05) is 0 Å². The van der Waals surface area contributed by atoms with E-state index in [-0.39, 0.29) is 5.56 Å². The second-order valence-corrected chi connectivity index (χ2v) is 2.62. The number of aromatic amines is 1. The highest BCUT2D eigenvalue weighted by Crippen LogP contribution is 1.92. The molecule has 1 aromatic heterocycles. The van der Waals surface area contributed by atoms with Crippen LogP contribution in [0.2, 0.25) is 0 Å². The summed E-state index contributed by atoms with van der Waals surface area (Å²) in [5, 5.41) is 0. The van der Waals surface area contributed by atoms with Crippen molar-refractivity contribution in [1.29, 1.82) is 0 Å². The summed E-state index contributed by atoms with van der Waals surface area (Å²) in [5.41, 5.74) is -0.488. The van der Waals surface area contributed by atoms with E-state index in [0.29, 0.717) is 0 Å². The monoisotopic (exact) mass is 195 g/mol. The molecule has 1 N–H and O–H groups in total. The zero-order valence-electron chi connectivity index (χ0n) is 7.57. The molecule has 1 heterocycles. The summed E-state index contributed by atoms with van der Waals surface area (Å²) in [7, 11) is 0. The van der Waals surface area contributed by atoms with Crippen LogP contribution in [0.15, 0.2) is 23.1 Å². The molecule has 0 saturated carbocycles. The van der Waals surface area contributed by atoms with Gasteiger partial charge in [0.15, 0.2) is 6.61 Å². The van der Waals surface area contributed by atoms with Crippen molar-refractivity contribution in [3.8, 4) is 0 Å². The lowest BCUT2D eigenvalue weighted by molar-refractivity contribution is -0.139. The first kappa shape index (κ1) is 10.2. The lowest BCUT2D eigenvalue weighted by Gasteiger charge is -1.99. The maximum atomic E-state index is 11.3. The number of hydrogen-bond donors (Lipinski definition) is 1. The number of esters is 1. The van der Waals surface area contributed by atoms with Crippen LogP contribution < -0.4 is 5.56 Å². The van der Waals surface area contributed by atoms with E-state index < -0.39 is 23.9 Å².